The molecule has 114 valence electrons. The lowest BCUT2D eigenvalue weighted by molar-refractivity contribution is -0.143. The fourth-order valence-electron chi connectivity index (χ4n) is 1.40. The van der Waals surface area contributed by atoms with Gasteiger partial charge >= 0.3 is 5.97 Å². The second-order valence-electron chi connectivity index (χ2n) is 4.09. The monoisotopic (exact) mass is 331 g/mol. The largest absolute Gasteiger partial charge is 0.459 e. The fourth-order valence-corrected chi connectivity index (χ4v) is 1.70. The Morgan fingerprint density at radius 3 is 2.48 bits per heavy atom. The first-order chi connectivity index (χ1) is 9.85. The summed E-state index contributed by atoms with van der Waals surface area (Å²) >= 11 is 11.7. The van der Waals surface area contributed by atoms with Gasteiger partial charge in [0.15, 0.2) is 5.78 Å². The van der Waals surface area contributed by atoms with Crippen molar-refractivity contribution < 1.29 is 19.2 Å². The van der Waals surface area contributed by atoms with E-state index >= 15 is 0 Å². The van der Waals surface area contributed by atoms with E-state index in [2.05, 4.69) is 0 Å². The summed E-state index contributed by atoms with van der Waals surface area (Å²) in [5.74, 6) is -0.757. The maximum Gasteiger partial charge on any atom is 0.303 e. The second kappa shape index (κ2) is 8.02. The van der Waals surface area contributed by atoms with E-state index in [-0.39, 0.29) is 17.4 Å². The number of allylic oxidation sites excluding steroid dienone is 1. The predicted molar refractivity (Wildman–Crippen MR) is 80.3 cm³/mol. The molecular weight excluding hydrogens is 317 g/mol. The van der Waals surface area contributed by atoms with Crippen LogP contribution in [0.2, 0.25) is 10.0 Å². The van der Waals surface area contributed by atoms with Crippen LogP contribution in [0.1, 0.15) is 17.3 Å². The van der Waals surface area contributed by atoms with Gasteiger partial charge in [0.2, 0.25) is 0 Å². The van der Waals surface area contributed by atoms with Gasteiger partial charge in [-0.2, -0.15) is 0 Å². The summed E-state index contributed by atoms with van der Waals surface area (Å²) in [6, 6.07) is 4.57. The molecule has 0 aromatic heterocycles. The van der Waals surface area contributed by atoms with Crippen molar-refractivity contribution in [1.29, 1.82) is 0 Å². The second-order valence-corrected chi connectivity index (χ2v) is 4.90. The highest BCUT2D eigenvalue weighted by Gasteiger charge is 2.12. The van der Waals surface area contributed by atoms with E-state index in [1.165, 1.54) is 37.3 Å². The van der Waals surface area contributed by atoms with Crippen LogP contribution in [0.15, 0.2) is 30.0 Å². The molecule has 0 spiro atoms. The SMILES string of the molecule is CON(C)/C(=C/C(=O)c1ccc(Cl)c(Cl)c1)COC(C)=O. The average Bonchev–Trinajstić information content (AvgIpc) is 2.44. The molecule has 7 heteroatoms. The Bertz CT molecular complexity index is 572. The van der Waals surface area contributed by atoms with E-state index in [0.717, 1.165) is 0 Å². The smallest absolute Gasteiger partial charge is 0.303 e. The Kier molecular flexibility index (Phi) is 6.68. The summed E-state index contributed by atoms with van der Waals surface area (Å²) in [6.07, 6.45) is 1.31. The molecule has 0 atom stereocenters. The number of halogens is 2. The van der Waals surface area contributed by atoms with Gasteiger partial charge in [-0.15, -0.1) is 0 Å². The van der Waals surface area contributed by atoms with E-state index in [1.54, 1.807) is 13.1 Å². The molecule has 0 aliphatic heterocycles. The number of rotatable bonds is 6. The number of hydroxylamine groups is 2. The maximum absolute atomic E-state index is 12.2. The minimum Gasteiger partial charge on any atom is -0.459 e. The quantitative estimate of drug-likeness (QED) is 0.347. The Balaban J connectivity index is 2.99. The molecule has 0 unspecified atom stereocenters. The number of esters is 1. The summed E-state index contributed by atoms with van der Waals surface area (Å²) in [4.78, 5) is 28.1. The predicted octanol–water partition coefficient (Wildman–Crippen LogP) is 3.12. The molecule has 5 nitrogen and oxygen atoms in total. The standard InChI is InChI=1S/C14H15Cl2NO4/c1-9(18)21-8-11(17(2)20-3)7-14(19)10-4-5-12(15)13(16)6-10/h4-7H,8H2,1-3H3/b11-7+. The number of nitrogens with zero attached hydrogens (tertiary/aromatic N) is 1. The van der Waals surface area contributed by atoms with Crippen LogP contribution in [0, 0.1) is 0 Å². The number of ketones is 1. The maximum atomic E-state index is 12.2. The van der Waals surface area contributed by atoms with Crippen molar-refractivity contribution in [3.63, 3.8) is 0 Å². The average molecular weight is 332 g/mol. The summed E-state index contributed by atoms with van der Waals surface area (Å²) < 4.78 is 4.88. The number of benzene rings is 1. The minimum atomic E-state index is -0.451. The van der Waals surface area contributed by atoms with Gasteiger partial charge in [0.1, 0.15) is 6.61 Å². The molecular formula is C14H15Cl2NO4. The molecule has 0 fully saturated rings. The molecule has 0 saturated heterocycles. The molecule has 1 rings (SSSR count). The van der Waals surface area contributed by atoms with Crippen LogP contribution >= 0.6 is 23.2 Å². The molecule has 0 heterocycles. The zero-order valence-electron chi connectivity index (χ0n) is 11.9. The van der Waals surface area contributed by atoms with E-state index in [4.69, 9.17) is 32.8 Å². The van der Waals surface area contributed by atoms with Crippen LogP contribution in [-0.2, 0) is 14.4 Å². The molecule has 0 amide bonds. The number of hydrogen-bond acceptors (Lipinski definition) is 5. The summed E-state index contributed by atoms with van der Waals surface area (Å²) in [6.45, 7) is 1.21. The molecule has 1 aromatic carbocycles. The number of hydrogen-bond donors (Lipinski definition) is 0. The van der Waals surface area contributed by atoms with Gasteiger partial charge in [0.05, 0.1) is 22.9 Å². The first kappa shape index (κ1) is 17.5. The Morgan fingerprint density at radius 1 is 1.29 bits per heavy atom. The van der Waals surface area contributed by atoms with Crippen LogP contribution in [-0.4, -0.2) is 37.6 Å². The van der Waals surface area contributed by atoms with Gasteiger partial charge in [-0.25, -0.2) is 0 Å². The van der Waals surface area contributed by atoms with Gasteiger partial charge in [-0.1, -0.05) is 23.2 Å². The summed E-state index contributed by atoms with van der Waals surface area (Å²) in [5.41, 5.74) is 0.762. The van der Waals surface area contributed by atoms with Crippen molar-refractivity contribution in [2.45, 2.75) is 6.92 Å². The first-order valence-electron chi connectivity index (χ1n) is 5.96. The summed E-state index contributed by atoms with van der Waals surface area (Å²) in [7, 11) is 3.03. The third-order valence-electron chi connectivity index (χ3n) is 2.60. The number of carbonyl (C=O) groups is 2. The van der Waals surface area contributed by atoms with E-state index in [9.17, 15) is 9.59 Å². The topological polar surface area (TPSA) is 55.8 Å². The molecule has 0 saturated carbocycles. The Morgan fingerprint density at radius 2 is 1.95 bits per heavy atom. The van der Waals surface area contributed by atoms with Gasteiger partial charge in [0, 0.05) is 25.6 Å². The van der Waals surface area contributed by atoms with Crippen molar-refractivity contribution in [3.05, 3.63) is 45.6 Å². The zero-order chi connectivity index (χ0) is 16.0. The van der Waals surface area contributed by atoms with Gasteiger partial charge in [-0.3, -0.25) is 19.5 Å². The number of ether oxygens (including phenoxy) is 1. The molecule has 0 aliphatic carbocycles. The van der Waals surface area contributed by atoms with Crippen LogP contribution in [0.25, 0.3) is 0 Å². The summed E-state index contributed by atoms with van der Waals surface area (Å²) in [5, 5.41) is 1.99. The van der Waals surface area contributed by atoms with Gasteiger partial charge in [0.25, 0.3) is 0 Å². The molecule has 0 bridgehead atoms. The Hall–Kier alpha value is -1.56. The molecule has 0 aliphatic rings. The van der Waals surface area contributed by atoms with Gasteiger partial charge in [-0.05, 0) is 18.2 Å². The van der Waals surface area contributed by atoms with Crippen LogP contribution in [0.3, 0.4) is 0 Å². The highest BCUT2D eigenvalue weighted by atomic mass is 35.5. The van der Waals surface area contributed by atoms with E-state index < -0.39 is 5.97 Å². The van der Waals surface area contributed by atoms with E-state index in [1.807, 2.05) is 0 Å². The zero-order valence-corrected chi connectivity index (χ0v) is 13.4. The van der Waals surface area contributed by atoms with Crippen LogP contribution in [0.4, 0.5) is 0 Å². The van der Waals surface area contributed by atoms with Gasteiger partial charge < -0.3 is 4.74 Å². The third-order valence-corrected chi connectivity index (χ3v) is 3.34. The van der Waals surface area contributed by atoms with Crippen LogP contribution in [0.5, 0.6) is 0 Å². The molecule has 0 radical (unpaired) electrons. The van der Waals surface area contributed by atoms with Crippen molar-refractivity contribution in [2.24, 2.45) is 0 Å². The minimum absolute atomic E-state index is 0.0767. The fraction of sp³-hybridized carbons (Fsp3) is 0.286. The first-order valence-corrected chi connectivity index (χ1v) is 6.72. The lowest BCUT2D eigenvalue weighted by Gasteiger charge is -2.19. The van der Waals surface area contributed by atoms with Crippen molar-refractivity contribution in [2.75, 3.05) is 20.8 Å². The highest BCUT2D eigenvalue weighted by Crippen LogP contribution is 2.23. The number of carbonyl (C=O) groups excluding carboxylic acids is 2. The lowest BCUT2D eigenvalue weighted by atomic mass is 10.1. The van der Waals surface area contributed by atoms with Crippen molar-refractivity contribution in [1.82, 2.24) is 5.06 Å². The molecule has 0 N–H and O–H groups in total. The van der Waals surface area contributed by atoms with E-state index in [0.29, 0.717) is 16.3 Å². The Labute approximate surface area is 133 Å². The molecule has 1 aromatic rings. The van der Waals surface area contributed by atoms with Crippen molar-refractivity contribution >= 4 is 35.0 Å². The number of likely N-dealkylation sites (N-methyl/N-ethyl adjacent to an activating group) is 1. The van der Waals surface area contributed by atoms with Crippen molar-refractivity contribution in [3.8, 4) is 0 Å². The van der Waals surface area contributed by atoms with Crippen LogP contribution < -0.4 is 0 Å². The molecule has 21 heavy (non-hydrogen) atoms. The normalized spacial score (nSPS) is 11.2. The third kappa shape index (κ3) is 5.38. The highest BCUT2D eigenvalue weighted by molar-refractivity contribution is 6.42. The lowest BCUT2D eigenvalue weighted by Crippen LogP contribution is -2.22.